The SMILES string of the molecule is CCN(CC)C(N)=NCC(C)(C)c1ccc(Br)cc1.I. The molecule has 0 aliphatic heterocycles. The van der Waals surface area contributed by atoms with Crippen LogP contribution in [0, 0.1) is 0 Å². The maximum atomic E-state index is 6.02. The number of hydrogen-bond donors (Lipinski definition) is 1. The molecular weight excluding hydrogens is 429 g/mol. The van der Waals surface area contributed by atoms with E-state index in [1.807, 2.05) is 0 Å². The second-order valence-corrected chi connectivity index (χ2v) is 6.15. The van der Waals surface area contributed by atoms with Crippen LogP contribution in [0.25, 0.3) is 0 Å². The summed E-state index contributed by atoms with van der Waals surface area (Å²) in [6.07, 6.45) is 0. The van der Waals surface area contributed by atoms with Crippen LogP contribution < -0.4 is 5.73 Å². The van der Waals surface area contributed by atoms with Crippen LogP contribution in [0.4, 0.5) is 0 Å². The van der Waals surface area contributed by atoms with Gasteiger partial charge in [-0.05, 0) is 31.5 Å². The molecule has 2 N–H and O–H groups in total. The zero-order valence-electron chi connectivity index (χ0n) is 12.7. The lowest BCUT2D eigenvalue weighted by Gasteiger charge is -2.25. The summed E-state index contributed by atoms with van der Waals surface area (Å²) in [6, 6.07) is 8.39. The Morgan fingerprint density at radius 3 is 2.15 bits per heavy atom. The Morgan fingerprint density at radius 1 is 1.20 bits per heavy atom. The monoisotopic (exact) mass is 453 g/mol. The van der Waals surface area contributed by atoms with E-state index in [1.54, 1.807) is 0 Å². The van der Waals surface area contributed by atoms with Crippen molar-refractivity contribution in [3.63, 3.8) is 0 Å². The first-order valence-electron chi connectivity index (χ1n) is 6.71. The van der Waals surface area contributed by atoms with Crippen molar-refractivity contribution in [2.75, 3.05) is 19.6 Å². The van der Waals surface area contributed by atoms with E-state index in [0.717, 1.165) is 17.6 Å². The zero-order valence-corrected chi connectivity index (χ0v) is 16.6. The van der Waals surface area contributed by atoms with Crippen molar-refractivity contribution in [1.82, 2.24) is 4.90 Å². The second kappa shape index (κ2) is 8.87. The standard InChI is InChI=1S/C15H24BrN3.HI/c1-5-19(6-2)14(17)18-11-15(3,4)12-7-9-13(16)10-8-12;/h7-10H,5-6,11H2,1-4H3,(H2,17,18);1H. The predicted molar refractivity (Wildman–Crippen MR) is 102 cm³/mol. The van der Waals surface area contributed by atoms with Crippen LogP contribution in [0.3, 0.4) is 0 Å². The molecule has 114 valence electrons. The summed E-state index contributed by atoms with van der Waals surface area (Å²) >= 11 is 3.46. The highest BCUT2D eigenvalue weighted by molar-refractivity contribution is 14.0. The number of nitrogens with zero attached hydrogens (tertiary/aromatic N) is 2. The number of aliphatic imine (C=N–C) groups is 1. The van der Waals surface area contributed by atoms with E-state index in [-0.39, 0.29) is 29.4 Å². The van der Waals surface area contributed by atoms with Crippen LogP contribution >= 0.6 is 39.9 Å². The van der Waals surface area contributed by atoms with Crippen LogP contribution in [0.2, 0.25) is 0 Å². The summed E-state index contributed by atoms with van der Waals surface area (Å²) in [5.41, 5.74) is 7.27. The number of halogens is 2. The third kappa shape index (κ3) is 5.60. The molecule has 0 unspecified atom stereocenters. The van der Waals surface area contributed by atoms with Gasteiger partial charge in [0.2, 0.25) is 0 Å². The summed E-state index contributed by atoms with van der Waals surface area (Å²) in [7, 11) is 0. The molecule has 1 aromatic carbocycles. The minimum absolute atomic E-state index is 0. The molecular formula is C15H25BrIN3. The Balaban J connectivity index is 0.00000361. The Bertz CT molecular complexity index is 425. The van der Waals surface area contributed by atoms with Crippen LogP contribution in [0.1, 0.15) is 33.3 Å². The van der Waals surface area contributed by atoms with Gasteiger partial charge in [-0.25, -0.2) is 0 Å². The summed E-state index contributed by atoms with van der Waals surface area (Å²) in [6.45, 7) is 11.0. The molecule has 5 heteroatoms. The third-order valence-corrected chi connectivity index (χ3v) is 3.88. The molecule has 0 aliphatic rings. The normalized spacial score (nSPS) is 11.9. The lowest BCUT2D eigenvalue weighted by Crippen LogP contribution is -2.38. The maximum Gasteiger partial charge on any atom is 0.191 e. The van der Waals surface area contributed by atoms with Gasteiger partial charge in [0.05, 0.1) is 6.54 Å². The van der Waals surface area contributed by atoms with E-state index >= 15 is 0 Å². The van der Waals surface area contributed by atoms with Crippen LogP contribution in [-0.2, 0) is 5.41 Å². The van der Waals surface area contributed by atoms with Gasteiger partial charge in [-0.3, -0.25) is 4.99 Å². The predicted octanol–water partition coefficient (Wildman–Crippen LogP) is 4.00. The van der Waals surface area contributed by atoms with Crippen molar-refractivity contribution >= 4 is 45.9 Å². The minimum Gasteiger partial charge on any atom is -0.370 e. The van der Waals surface area contributed by atoms with E-state index < -0.39 is 0 Å². The lowest BCUT2D eigenvalue weighted by atomic mass is 9.85. The first kappa shape index (κ1) is 19.7. The Labute approximate surface area is 148 Å². The quantitative estimate of drug-likeness (QED) is 0.416. The molecule has 0 amide bonds. The molecule has 0 atom stereocenters. The van der Waals surface area contributed by atoms with Crippen molar-refractivity contribution in [2.45, 2.75) is 33.1 Å². The fourth-order valence-electron chi connectivity index (χ4n) is 1.92. The Morgan fingerprint density at radius 2 is 1.70 bits per heavy atom. The molecule has 3 nitrogen and oxygen atoms in total. The van der Waals surface area contributed by atoms with Crippen LogP contribution in [0.15, 0.2) is 33.7 Å². The van der Waals surface area contributed by atoms with Gasteiger partial charge in [0.15, 0.2) is 5.96 Å². The van der Waals surface area contributed by atoms with Gasteiger partial charge < -0.3 is 10.6 Å². The van der Waals surface area contributed by atoms with Gasteiger partial charge >= 0.3 is 0 Å². The average Bonchev–Trinajstić information content (AvgIpc) is 2.38. The van der Waals surface area contributed by atoms with Crippen molar-refractivity contribution in [1.29, 1.82) is 0 Å². The smallest absolute Gasteiger partial charge is 0.191 e. The topological polar surface area (TPSA) is 41.6 Å². The Kier molecular flexibility index (Phi) is 8.74. The number of guanidine groups is 1. The number of benzene rings is 1. The van der Waals surface area contributed by atoms with Crippen LogP contribution in [-0.4, -0.2) is 30.5 Å². The van der Waals surface area contributed by atoms with Gasteiger partial charge in [0.1, 0.15) is 0 Å². The molecule has 0 heterocycles. The van der Waals surface area contributed by atoms with E-state index in [2.05, 4.69) is 77.8 Å². The minimum atomic E-state index is -0.0154. The number of nitrogens with two attached hydrogens (primary N) is 1. The maximum absolute atomic E-state index is 6.02. The number of hydrogen-bond acceptors (Lipinski definition) is 1. The molecule has 1 aromatic rings. The molecule has 0 aliphatic carbocycles. The average molecular weight is 454 g/mol. The first-order chi connectivity index (χ1) is 8.90. The Hall–Kier alpha value is -0.300. The summed E-state index contributed by atoms with van der Waals surface area (Å²) < 4.78 is 1.10. The van der Waals surface area contributed by atoms with E-state index in [1.165, 1.54) is 5.56 Å². The van der Waals surface area contributed by atoms with Crippen molar-refractivity contribution in [2.24, 2.45) is 10.7 Å². The zero-order chi connectivity index (χ0) is 14.5. The molecule has 0 fully saturated rings. The van der Waals surface area contributed by atoms with Gasteiger partial charge in [-0.2, -0.15) is 0 Å². The highest BCUT2D eigenvalue weighted by Gasteiger charge is 2.20. The molecule has 0 saturated heterocycles. The molecule has 0 spiro atoms. The van der Waals surface area contributed by atoms with Gasteiger partial charge in [-0.1, -0.05) is 41.9 Å². The van der Waals surface area contributed by atoms with Gasteiger partial charge in [-0.15, -0.1) is 24.0 Å². The largest absolute Gasteiger partial charge is 0.370 e. The van der Waals surface area contributed by atoms with Crippen molar-refractivity contribution in [3.05, 3.63) is 34.3 Å². The van der Waals surface area contributed by atoms with E-state index in [4.69, 9.17) is 5.73 Å². The van der Waals surface area contributed by atoms with E-state index in [0.29, 0.717) is 12.5 Å². The second-order valence-electron chi connectivity index (χ2n) is 5.24. The summed E-state index contributed by atoms with van der Waals surface area (Å²) in [5, 5.41) is 0. The summed E-state index contributed by atoms with van der Waals surface area (Å²) in [5.74, 6) is 0.634. The van der Waals surface area contributed by atoms with Crippen LogP contribution in [0.5, 0.6) is 0 Å². The molecule has 0 aromatic heterocycles. The molecule has 1 rings (SSSR count). The van der Waals surface area contributed by atoms with Gasteiger partial charge in [0.25, 0.3) is 0 Å². The molecule has 0 saturated carbocycles. The fourth-order valence-corrected chi connectivity index (χ4v) is 2.18. The molecule has 0 bridgehead atoms. The highest BCUT2D eigenvalue weighted by atomic mass is 127. The first-order valence-corrected chi connectivity index (χ1v) is 7.51. The third-order valence-electron chi connectivity index (χ3n) is 3.35. The molecule has 20 heavy (non-hydrogen) atoms. The van der Waals surface area contributed by atoms with E-state index in [9.17, 15) is 0 Å². The number of rotatable bonds is 5. The van der Waals surface area contributed by atoms with Crippen molar-refractivity contribution in [3.8, 4) is 0 Å². The summed E-state index contributed by atoms with van der Waals surface area (Å²) in [4.78, 5) is 6.61. The fraction of sp³-hybridized carbons (Fsp3) is 0.533. The molecule has 0 radical (unpaired) electrons. The van der Waals surface area contributed by atoms with Crippen molar-refractivity contribution < 1.29 is 0 Å². The lowest BCUT2D eigenvalue weighted by molar-refractivity contribution is 0.451. The highest BCUT2D eigenvalue weighted by Crippen LogP contribution is 2.25. The van der Waals surface area contributed by atoms with Gasteiger partial charge in [0, 0.05) is 23.0 Å².